The Morgan fingerprint density at radius 1 is 1.15 bits per heavy atom. The van der Waals surface area contributed by atoms with Gasteiger partial charge in [0.2, 0.25) is 5.91 Å². The summed E-state index contributed by atoms with van der Waals surface area (Å²) in [6.45, 7) is 0. The van der Waals surface area contributed by atoms with Crippen LogP contribution in [-0.4, -0.2) is 16.7 Å². The molecule has 2 amide bonds. The van der Waals surface area contributed by atoms with E-state index in [9.17, 15) is 14.0 Å². The van der Waals surface area contributed by atoms with Crippen LogP contribution in [0.4, 0.5) is 10.1 Å². The largest absolute Gasteiger partial charge is 0.341 e. The van der Waals surface area contributed by atoms with E-state index in [-0.39, 0.29) is 16.7 Å². The highest BCUT2D eigenvalue weighted by molar-refractivity contribution is 9.10. The second kappa shape index (κ2) is 7.43. The van der Waals surface area contributed by atoms with Gasteiger partial charge < -0.3 is 10.6 Å². The van der Waals surface area contributed by atoms with Gasteiger partial charge in [0.05, 0.1) is 11.5 Å². The number of hydrogen-bond donors (Lipinski definition) is 2. The molecule has 4 fully saturated rings. The fourth-order valence-corrected chi connectivity index (χ4v) is 8.52. The third-order valence-corrected chi connectivity index (χ3v) is 9.19. The van der Waals surface area contributed by atoms with Crippen LogP contribution in [0, 0.1) is 23.1 Å². The first kappa shape index (κ1) is 21.9. The summed E-state index contributed by atoms with van der Waals surface area (Å²) in [5.41, 5.74) is 1.55. The van der Waals surface area contributed by atoms with Crippen molar-refractivity contribution in [3.05, 3.63) is 62.3 Å². The Morgan fingerprint density at radius 3 is 2.58 bits per heavy atom. The summed E-state index contributed by atoms with van der Waals surface area (Å²) in [6, 6.07) is 6.94. The number of benzene rings is 2. The fourth-order valence-electron chi connectivity index (χ4n) is 7.14. The molecule has 4 aliphatic carbocycles. The normalized spacial score (nSPS) is 33.7. The minimum Gasteiger partial charge on any atom is -0.341 e. The lowest BCUT2D eigenvalue weighted by molar-refractivity contribution is -0.138. The Hall–Kier alpha value is -1.63. The number of amides is 2. The van der Waals surface area contributed by atoms with Crippen molar-refractivity contribution >= 4 is 56.6 Å². The topological polar surface area (TPSA) is 58.2 Å². The molecule has 0 radical (unpaired) electrons. The molecule has 3 atom stereocenters. The standard InChI is InChI=1S/C25H22BrCl2FN2O2/c26-14-4-17-20(21(31-22(17)32)16-6-15(29)1-2-18(16)27)19(5-14)30-23(33)24-7-12-3-13(8-24)10-25(28,9-12)11-24/h1-2,4-6,12-13,21H,3,7-11H2,(H,30,33)(H,31,32). The highest BCUT2D eigenvalue weighted by Crippen LogP contribution is 2.64. The molecule has 8 heteroatoms. The molecule has 5 aliphatic rings. The van der Waals surface area contributed by atoms with Crippen molar-refractivity contribution in [1.82, 2.24) is 5.32 Å². The number of rotatable bonds is 3. The molecule has 33 heavy (non-hydrogen) atoms. The minimum absolute atomic E-state index is 0.0367. The van der Waals surface area contributed by atoms with Crippen molar-refractivity contribution in [2.45, 2.75) is 49.4 Å². The number of hydrogen-bond acceptors (Lipinski definition) is 2. The lowest BCUT2D eigenvalue weighted by Crippen LogP contribution is -2.57. The number of alkyl halides is 1. The van der Waals surface area contributed by atoms with Crippen LogP contribution in [0.2, 0.25) is 5.02 Å². The van der Waals surface area contributed by atoms with Crippen LogP contribution in [-0.2, 0) is 4.79 Å². The minimum atomic E-state index is -0.658. The van der Waals surface area contributed by atoms with Crippen LogP contribution >= 0.6 is 39.1 Å². The van der Waals surface area contributed by atoms with Crippen LogP contribution in [0.1, 0.15) is 66.1 Å². The van der Waals surface area contributed by atoms with Gasteiger partial charge in [-0.1, -0.05) is 27.5 Å². The zero-order valence-electron chi connectivity index (χ0n) is 17.7. The molecule has 0 spiro atoms. The molecular weight excluding hydrogens is 530 g/mol. The van der Waals surface area contributed by atoms with E-state index in [0.717, 1.165) is 32.1 Å². The van der Waals surface area contributed by atoms with Gasteiger partial charge in [0.1, 0.15) is 5.82 Å². The maximum Gasteiger partial charge on any atom is 0.252 e. The molecule has 0 saturated heterocycles. The third-order valence-electron chi connectivity index (χ3n) is 7.94. The van der Waals surface area contributed by atoms with Crippen molar-refractivity contribution in [1.29, 1.82) is 0 Å². The van der Waals surface area contributed by atoms with Crippen molar-refractivity contribution in [3.63, 3.8) is 0 Å². The van der Waals surface area contributed by atoms with Crippen molar-refractivity contribution in [3.8, 4) is 0 Å². The van der Waals surface area contributed by atoms with Gasteiger partial charge in [-0.05, 0) is 80.7 Å². The zero-order chi connectivity index (χ0) is 23.1. The quantitative estimate of drug-likeness (QED) is 0.423. The van der Waals surface area contributed by atoms with Gasteiger partial charge in [-0.15, -0.1) is 11.6 Å². The number of anilines is 1. The highest BCUT2D eigenvalue weighted by atomic mass is 79.9. The Balaban J connectivity index is 1.40. The summed E-state index contributed by atoms with van der Waals surface area (Å²) in [5, 5.41) is 6.40. The van der Waals surface area contributed by atoms with E-state index in [1.54, 1.807) is 12.1 Å². The maximum absolute atomic E-state index is 14.0. The maximum atomic E-state index is 14.0. The van der Waals surface area contributed by atoms with Crippen molar-refractivity contribution in [2.24, 2.45) is 17.3 Å². The SMILES string of the molecule is O=C1NC(c2cc(F)ccc2Cl)c2c(NC(=O)C34CC5CC(CC(Cl)(C5)C3)C4)cc(Br)cc21. The molecule has 4 saturated carbocycles. The van der Waals surface area contributed by atoms with Gasteiger partial charge in [-0.2, -0.15) is 0 Å². The van der Waals surface area contributed by atoms with Crippen LogP contribution in [0.3, 0.4) is 0 Å². The average Bonchev–Trinajstić information content (AvgIpc) is 3.04. The summed E-state index contributed by atoms with van der Waals surface area (Å²) < 4.78 is 14.7. The number of carbonyl (C=O) groups is 2. The molecule has 2 aromatic carbocycles. The molecule has 4 bridgehead atoms. The summed E-state index contributed by atoms with van der Waals surface area (Å²) in [5.74, 6) is 0.211. The first-order valence-electron chi connectivity index (χ1n) is 11.2. The van der Waals surface area contributed by atoms with Crippen LogP contribution < -0.4 is 10.6 Å². The average molecular weight is 552 g/mol. The van der Waals surface area contributed by atoms with E-state index in [1.165, 1.54) is 18.2 Å². The second-order valence-electron chi connectivity index (χ2n) is 10.3. The van der Waals surface area contributed by atoms with Gasteiger partial charge in [0.25, 0.3) is 5.91 Å². The van der Waals surface area contributed by atoms with Gasteiger partial charge in [-0.3, -0.25) is 9.59 Å². The molecule has 172 valence electrons. The molecule has 2 N–H and O–H groups in total. The first-order chi connectivity index (χ1) is 15.6. The Bertz CT molecular complexity index is 1210. The summed E-state index contributed by atoms with van der Waals surface area (Å²) in [4.78, 5) is 26.3. The lowest BCUT2D eigenvalue weighted by Gasteiger charge is -2.59. The molecule has 0 aromatic heterocycles. The van der Waals surface area contributed by atoms with E-state index in [2.05, 4.69) is 26.6 Å². The zero-order valence-corrected chi connectivity index (χ0v) is 20.8. The van der Waals surface area contributed by atoms with Crippen molar-refractivity contribution < 1.29 is 14.0 Å². The number of halogens is 4. The lowest BCUT2D eigenvalue weighted by atomic mass is 9.49. The van der Waals surface area contributed by atoms with Crippen LogP contribution in [0.5, 0.6) is 0 Å². The van der Waals surface area contributed by atoms with E-state index in [0.29, 0.717) is 50.1 Å². The molecule has 3 unspecified atom stereocenters. The summed E-state index contributed by atoms with van der Waals surface area (Å²) in [7, 11) is 0. The van der Waals surface area contributed by atoms with Crippen LogP contribution in [0.25, 0.3) is 0 Å². The summed E-state index contributed by atoms with van der Waals surface area (Å²) >= 11 is 16.8. The molecule has 1 aliphatic heterocycles. The molecular formula is C25H22BrCl2FN2O2. The highest BCUT2D eigenvalue weighted by Gasteiger charge is 2.60. The smallest absolute Gasteiger partial charge is 0.252 e. The number of carbonyl (C=O) groups excluding carboxylic acids is 2. The van der Waals surface area contributed by atoms with E-state index in [4.69, 9.17) is 23.2 Å². The molecule has 2 aromatic rings. The van der Waals surface area contributed by atoms with Gasteiger partial charge in [0.15, 0.2) is 0 Å². The first-order valence-corrected chi connectivity index (χ1v) is 12.8. The second-order valence-corrected chi connectivity index (χ2v) is 12.5. The Morgan fingerprint density at radius 2 is 1.88 bits per heavy atom. The molecule has 4 nitrogen and oxygen atoms in total. The van der Waals surface area contributed by atoms with Gasteiger partial charge >= 0.3 is 0 Å². The van der Waals surface area contributed by atoms with Gasteiger partial charge in [-0.25, -0.2) is 4.39 Å². The van der Waals surface area contributed by atoms with Crippen LogP contribution in [0.15, 0.2) is 34.8 Å². The fraction of sp³-hybridized carbons (Fsp3) is 0.440. The van der Waals surface area contributed by atoms with E-state index in [1.807, 2.05) is 0 Å². The third kappa shape index (κ3) is 3.52. The molecule has 1 heterocycles. The number of fused-ring (bicyclic) bond motifs is 1. The Kier molecular flexibility index (Phi) is 4.93. The predicted octanol–water partition coefficient (Wildman–Crippen LogP) is 6.59. The van der Waals surface area contributed by atoms with E-state index < -0.39 is 17.3 Å². The monoisotopic (exact) mass is 550 g/mol. The number of nitrogens with one attached hydrogen (secondary N) is 2. The van der Waals surface area contributed by atoms with Crippen molar-refractivity contribution in [2.75, 3.05) is 5.32 Å². The van der Waals surface area contributed by atoms with Gasteiger partial charge in [0, 0.05) is 36.7 Å². The van der Waals surface area contributed by atoms with E-state index >= 15 is 0 Å². The summed E-state index contributed by atoms with van der Waals surface area (Å²) in [6.07, 6.45) is 5.55. The molecule has 7 rings (SSSR count). The predicted molar refractivity (Wildman–Crippen MR) is 129 cm³/mol. The Labute approximate surface area is 209 Å².